The Morgan fingerprint density at radius 2 is 1.84 bits per heavy atom. The van der Waals surface area contributed by atoms with E-state index >= 15 is 0 Å². The maximum atomic E-state index is 12.0. The van der Waals surface area contributed by atoms with Gasteiger partial charge in [0.1, 0.15) is 0 Å². The normalized spacial score (nSPS) is 26.7. The van der Waals surface area contributed by atoms with Crippen LogP contribution in [-0.2, 0) is 4.79 Å². The summed E-state index contributed by atoms with van der Waals surface area (Å²) in [7, 11) is 0. The van der Waals surface area contributed by atoms with Gasteiger partial charge in [-0.25, -0.2) is 0 Å². The molecule has 1 fully saturated rings. The molecular weight excluding hydrogens is 236 g/mol. The second-order valence-corrected chi connectivity index (χ2v) is 6.45. The fourth-order valence-corrected chi connectivity index (χ4v) is 2.84. The van der Waals surface area contributed by atoms with E-state index < -0.39 is 0 Å². The summed E-state index contributed by atoms with van der Waals surface area (Å²) in [6, 6.07) is 0.218. The largest absolute Gasteiger partial charge is 0.352 e. The van der Waals surface area contributed by atoms with Gasteiger partial charge in [0, 0.05) is 6.04 Å². The van der Waals surface area contributed by atoms with Gasteiger partial charge in [0.05, 0.1) is 6.04 Å². The third-order valence-electron chi connectivity index (χ3n) is 4.35. The number of hydrogen-bond acceptors (Lipinski definition) is 2. The van der Waals surface area contributed by atoms with Crippen LogP contribution < -0.4 is 10.6 Å². The fraction of sp³-hybridized carbons (Fsp3) is 0.938. The Kier molecular flexibility index (Phi) is 7.44. The fourth-order valence-electron chi connectivity index (χ4n) is 2.84. The molecule has 1 saturated carbocycles. The highest BCUT2D eigenvalue weighted by molar-refractivity contribution is 5.81. The van der Waals surface area contributed by atoms with Gasteiger partial charge < -0.3 is 10.6 Å². The van der Waals surface area contributed by atoms with E-state index in [1.807, 2.05) is 6.92 Å². The smallest absolute Gasteiger partial charge is 0.237 e. The minimum Gasteiger partial charge on any atom is -0.352 e. The summed E-state index contributed by atoms with van der Waals surface area (Å²) in [5.41, 5.74) is 0. The van der Waals surface area contributed by atoms with Crippen molar-refractivity contribution in [3.8, 4) is 0 Å². The van der Waals surface area contributed by atoms with Crippen molar-refractivity contribution in [3.05, 3.63) is 0 Å². The van der Waals surface area contributed by atoms with Crippen molar-refractivity contribution in [2.45, 2.75) is 78.3 Å². The van der Waals surface area contributed by atoms with E-state index in [1.165, 1.54) is 25.7 Å². The Labute approximate surface area is 118 Å². The Morgan fingerprint density at radius 1 is 1.21 bits per heavy atom. The maximum absolute atomic E-state index is 12.0. The molecule has 1 aliphatic carbocycles. The van der Waals surface area contributed by atoms with Crippen LogP contribution in [0.15, 0.2) is 0 Å². The van der Waals surface area contributed by atoms with Crippen LogP contribution >= 0.6 is 0 Å². The topological polar surface area (TPSA) is 41.1 Å². The molecule has 0 aromatic heterocycles. The average molecular weight is 268 g/mol. The quantitative estimate of drug-likeness (QED) is 0.745. The lowest BCUT2D eigenvalue weighted by Crippen LogP contribution is -2.46. The summed E-state index contributed by atoms with van der Waals surface area (Å²) in [5, 5.41) is 6.48. The molecule has 0 aliphatic heterocycles. The van der Waals surface area contributed by atoms with E-state index in [0.717, 1.165) is 31.2 Å². The molecule has 2 N–H and O–H groups in total. The molecule has 0 spiro atoms. The first-order valence-corrected chi connectivity index (χ1v) is 8.06. The van der Waals surface area contributed by atoms with Crippen LogP contribution in [-0.4, -0.2) is 24.5 Å². The molecule has 2 unspecified atom stereocenters. The van der Waals surface area contributed by atoms with E-state index in [2.05, 4.69) is 31.4 Å². The summed E-state index contributed by atoms with van der Waals surface area (Å²) in [5.74, 6) is 1.80. The molecule has 19 heavy (non-hydrogen) atoms. The van der Waals surface area contributed by atoms with Gasteiger partial charge in [-0.2, -0.15) is 0 Å². The molecule has 2 atom stereocenters. The zero-order chi connectivity index (χ0) is 14.3. The number of carbonyl (C=O) groups is 1. The SMILES string of the molecule is CCCC(C)NC(=O)C(C)NCC1CCC(C)CC1. The van der Waals surface area contributed by atoms with Crippen LogP contribution in [0.2, 0.25) is 0 Å². The van der Waals surface area contributed by atoms with Crippen LogP contribution in [0.5, 0.6) is 0 Å². The second kappa shape index (κ2) is 8.57. The van der Waals surface area contributed by atoms with Crippen LogP contribution in [0.1, 0.15) is 66.2 Å². The predicted molar refractivity (Wildman–Crippen MR) is 81.1 cm³/mol. The Bertz CT molecular complexity index is 259. The van der Waals surface area contributed by atoms with E-state index in [9.17, 15) is 4.79 Å². The Morgan fingerprint density at radius 3 is 2.42 bits per heavy atom. The van der Waals surface area contributed by atoms with Gasteiger partial charge in [-0.05, 0) is 51.5 Å². The highest BCUT2D eigenvalue weighted by Crippen LogP contribution is 2.27. The molecule has 0 aromatic rings. The summed E-state index contributed by atoms with van der Waals surface area (Å²) in [6.07, 6.45) is 7.49. The molecule has 1 aliphatic rings. The minimum absolute atomic E-state index is 0.0707. The number of hydrogen-bond donors (Lipinski definition) is 2. The number of amides is 1. The van der Waals surface area contributed by atoms with E-state index in [-0.39, 0.29) is 18.0 Å². The van der Waals surface area contributed by atoms with Gasteiger partial charge in [0.15, 0.2) is 0 Å². The predicted octanol–water partition coefficient (Wildman–Crippen LogP) is 3.10. The molecule has 112 valence electrons. The van der Waals surface area contributed by atoms with Crippen molar-refractivity contribution in [2.75, 3.05) is 6.54 Å². The highest BCUT2D eigenvalue weighted by atomic mass is 16.2. The van der Waals surface area contributed by atoms with Crippen molar-refractivity contribution in [2.24, 2.45) is 11.8 Å². The molecule has 0 aromatic carbocycles. The monoisotopic (exact) mass is 268 g/mol. The van der Waals surface area contributed by atoms with E-state index in [0.29, 0.717) is 0 Å². The average Bonchev–Trinajstić information content (AvgIpc) is 2.37. The lowest BCUT2D eigenvalue weighted by Gasteiger charge is -2.27. The summed E-state index contributed by atoms with van der Waals surface area (Å²) in [4.78, 5) is 12.0. The van der Waals surface area contributed by atoms with Crippen LogP contribution in [0.3, 0.4) is 0 Å². The highest BCUT2D eigenvalue weighted by Gasteiger charge is 2.20. The molecule has 1 amide bonds. The molecule has 0 bridgehead atoms. The summed E-state index contributed by atoms with van der Waals surface area (Å²) >= 11 is 0. The third-order valence-corrected chi connectivity index (χ3v) is 4.35. The zero-order valence-corrected chi connectivity index (χ0v) is 13.2. The van der Waals surface area contributed by atoms with Crippen LogP contribution in [0.25, 0.3) is 0 Å². The van der Waals surface area contributed by atoms with Gasteiger partial charge in [-0.15, -0.1) is 0 Å². The standard InChI is InChI=1S/C16H32N2O/c1-5-6-13(3)18-16(19)14(4)17-11-15-9-7-12(2)8-10-15/h12-15,17H,5-11H2,1-4H3,(H,18,19). The van der Waals surface area contributed by atoms with Gasteiger partial charge >= 0.3 is 0 Å². The Hall–Kier alpha value is -0.570. The minimum atomic E-state index is -0.0707. The van der Waals surface area contributed by atoms with E-state index in [4.69, 9.17) is 0 Å². The van der Waals surface area contributed by atoms with Crippen molar-refractivity contribution in [1.82, 2.24) is 10.6 Å². The van der Waals surface area contributed by atoms with Crippen LogP contribution in [0.4, 0.5) is 0 Å². The lowest BCUT2D eigenvalue weighted by atomic mass is 9.83. The molecule has 0 saturated heterocycles. The molecule has 0 heterocycles. The first-order valence-electron chi connectivity index (χ1n) is 8.06. The zero-order valence-electron chi connectivity index (χ0n) is 13.2. The number of nitrogens with one attached hydrogen (secondary N) is 2. The third kappa shape index (κ3) is 6.42. The molecule has 3 heteroatoms. The molecule has 3 nitrogen and oxygen atoms in total. The molecule has 0 radical (unpaired) electrons. The van der Waals surface area contributed by atoms with Crippen molar-refractivity contribution < 1.29 is 4.79 Å². The molecule has 1 rings (SSSR count). The van der Waals surface area contributed by atoms with Crippen molar-refractivity contribution in [1.29, 1.82) is 0 Å². The summed E-state index contributed by atoms with van der Waals surface area (Å²) in [6.45, 7) is 9.53. The first-order chi connectivity index (χ1) is 9.02. The van der Waals surface area contributed by atoms with Crippen molar-refractivity contribution in [3.63, 3.8) is 0 Å². The van der Waals surface area contributed by atoms with Gasteiger partial charge in [0.2, 0.25) is 5.91 Å². The summed E-state index contributed by atoms with van der Waals surface area (Å²) < 4.78 is 0. The van der Waals surface area contributed by atoms with Gasteiger partial charge in [-0.3, -0.25) is 4.79 Å². The second-order valence-electron chi connectivity index (χ2n) is 6.45. The Balaban J connectivity index is 2.19. The van der Waals surface area contributed by atoms with Gasteiger partial charge in [0.25, 0.3) is 0 Å². The van der Waals surface area contributed by atoms with Gasteiger partial charge in [-0.1, -0.05) is 33.1 Å². The molecular formula is C16H32N2O. The number of rotatable bonds is 7. The van der Waals surface area contributed by atoms with Crippen molar-refractivity contribution >= 4 is 5.91 Å². The van der Waals surface area contributed by atoms with E-state index in [1.54, 1.807) is 0 Å². The first kappa shape index (κ1) is 16.5. The number of carbonyl (C=O) groups excluding carboxylic acids is 1. The maximum Gasteiger partial charge on any atom is 0.237 e. The van der Waals surface area contributed by atoms with Crippen LogP contribution in [0, 0.1) is 11.8 Å². The lowest BCUT2D eigenvalue weighted by molar-refractivity contribution is -0.123.